The highest BCUT2D eigenvalue weighted by atomic mass is 79.9. The molecule has 0 atom stereocenters. The number of benzene rings is 2. The van der Waals surface area contributed by atoms with Gasteiger partial charge in [0, 0.05) is 31.2 Å². The fourth-order valence-electron chi connectivity index (χ4n) is 2.40. The van der Waals surface area contributed by atoms with Crippen LogP contribution >= 0.6 is 31.9 Å². The molecule has 0 aliphatic heterocycles. The van der Waals surface area contributed by atoms with Crippen LogP contribution in [0.4, 0.5) is 0 Å². The predicted octanol–water partition coefficient (Wildman–Crippen LogP) is 4.60. The third-order valence-electron chi connectivity index (χ3n) is 3.58. The van der Waals surface area contributed by atoms with Crippen LogP contribution in [0, 0.1) is 13.8 Å². The lowest BCUT2D eigenvalue weighted by atomic mass is 9.83. The molecular formula is C16H10Br2O2. The molecule has 0 fully saturated rings. The summed E-state index contributed by atoms with van der Waals surface area (Å²) in [6.45, 7) is 3.81. The van der Waals surface area contributed by atoms with Crippen LogP contribution in [0.25, 0.3) is 0 Å². The van der Waals surface area contributed by atoms with Crippen LogP contribution in [0.5, 0.6) is 0 Å². The van der Waals surface area contributed by atoms with E-state index in [0.717, 1.165) is 20.1 Å². The highest BCUT2D eigenvalue weighted by Crippen LogP contribution is 2.33. The van der Waals surface area contributed by atoms with Crippen molar-refractivity contribution < 1.29 is 9.59 Å². The fourth-order valence-corrected chi connectivity index (χ4v) is 3.09. The van der Waals surface area contributed by atoms with Crippen LogP contribution in [0.2, 0.25) is 0 Å². The minimum absolute atomic E-state index is 0.0918. The molecule has 0 bridgehead atoms. The maximum absolute atomic E-state index is 12.6. The largest absolute Gasteiger partial charge is 0.289 e. The molecule has 0 unspecified atom stereocenters. The lowest BCUT2D eigenvalue weighted by Gasteiger charge is -2.19. The van der Waals surface area contributed by atoms with Gasteiger partial charge in [0.2, 0.25) is 0 Å². The van der Waals surface area contributed by atoms with Gasteiger partial charge in [-0.3, -0.25) is 9.59 Å². The standard InChI is InChI=1S/C16H10Br2O2/c1-7-3-9-11(5-13(7)17)16(20)10-4-8(2)14(18)6-12(10)15(9)19/h3-6H,1-2H3. The van der Waals surface area contributed by atoms with Gasteiger partial charge in [0.1, 0.15) is 0 Å². The second-order valence-electron chi connectivity index (χ2n) is 4.95. The van der Waals surface area contributed by atoms with Crippen LogP contribution in [-0.4, -0.2) is 11.6 Å². The van der Waals surface area contributed by atoms with E-state index in [4.69, 9.17) is 0 Å². The molecule has 0 N–H and O–H groups in total. The first-order chi connectivity index (χ1) is 9.40. The van der Waals surface area contributed by atoms with Gasteiger partial charge >= 0.3 is 0 Å². The van der Waals surface area contributed by atoms with Gasteiger partial charge in [-0.05, 0) is 49.2 Å². The molecule has 0 aromatic heterocycles. The third-order valence-corrected chi connectivity index (χ3v) is 5.28. The molecule has 4 heteroatoms. The molecule has 0 heterocycles. The first kappa shape index (κ1) is 13.7. The van der Waals surface area contributed by atoms with Crippen molar-refractivity contribution in [1.82, 2.24) is 0 Å². The van der Waals surface area contributed by atoms with E-state index in [-0.39, 0.29) is 11.6 Å². The van der Waals surface area contributed by atoms with E-state index in [1.807, 2.05) is 13.8 Å². The van der Waals surface area contributed by atoms with E-state index in [0.29, 0.717) is 22.3 Å². The molecule has 0 amide bonds. The zero-order valence-electron chi connectivity index (χ0n) is 10.9. The van der Waals surface area contributed by atoms with Gasteiger partial charge in [-0.2, -0.15) is 0 Å². The summed E-state index contributed by atoms with van der Waals surface area (Å²) in [5.74, 6) is -0.184. The first-order valence-electron chi connectivity index (χ1n) is 6.10. The van der Waals surface area contributed by atoms with Gasteiger partial charge < -0.3 is 0 Å². The fraction of sp³-hybridized carbons (Fsp3) is 0.125. The van der Waals surface area contributed by atoms with Gasteiger partial charge in [0.05, 0.1) is 0 Å². The Morgan fingerprint density at radius 3 is 1.30 bits per heavy atom. The molecule has 1 aliphatic rings. The molecule has 2 nitrogen and oxygen atoms in total. The maximum Gasteiger partial charge on any atom is 0.194 e. The number of fused-ring (bicyclic) bond motifs is 2. The molecule has 1 aliphatic carbocycles. The van der Waals surface area contributed by atoms with Crippen molar-refractivity contribution in [3.63, 3.8) is 0 Å². The molecular weight excluding hydrogens is 384 g/mol. The van der Waals surface area contributed by atoms with Gasteiger partial charge in [-0.15, -0.1) is 0 Å². The van der Waals surface area contributed by atoms with Crippen LogP contribution in [-0.2, 0) is 0 Å². The highest BCUT2D eigenvalue weighted by molar-refractivity contribution is 9.10. The molecule has 0 spiro atoms. The Labute approximate surface area is 133 Å². The summed E-state index contributed by atoms with van der Waals surface area (Å²) in [4.78, 5) is 25.2. The predicted molar refractivity (Wildman–Crippen MR) is 84.6 cm³/mol. The van der Waals surface area contributed by atoms with Crippen molar-refractivity contribution in [2.24, 2.45) is 0 Å². The number of carbonyl (C=O) groups is 2. The third kappa shape index (κ3) is 1.90. The van der Waals surface area contributed by atoms with Crippen molar-refractivity contribution in [2.75, 3.05) is 0 Å². The van der Waals surface area contributed by atoms with Crippen molar-refractivity contribution in [3.8, 4) is 0 Å². The van der Waals surface area contributed by atoms with Crippen molar-refractivity contribution in [3.05, 3.63) is 66.6 Å². The average Bonchev–Trinajstić information content (AvgIpc) is 2.41. The number of aryl methyl sites for hydroxylation is 2. The normalized spacial score (nSPS) is 13.2. The molecule has 2 aromatic carbocycles. The first-order valence-corrected chi connectivity index (χ1v) is 7.68. The van der Waals surface area contributed by atoms with Crippen molar-refractivity contribution in [2.45, 2.75) is 13.8 Å². The molecule has 0 saturated carbocycles. The van der Waals surface area contributed by atoms with Gasteiger partial charge in [-0.1, -0.05) is 31.9 Å². The Hall–Kier alpha value is -1.26. The number of ketones is 2. The van der Waals surface area contributed by atoms with E-state index < -0.39 is 0 Å². The Bertz CT molecular complexity index is 662. The second-order valence-corrected chi connectivity index (χ2v) is 6.66. The summed E-state index contributed by atoms with van der Waals surface area (Å²) in [7, 11) is 0. The van der Waals surface area contributed by atoms with E-state index in [9.17, 15) is 9.59 Å². The quantitative estimate of drug-likeness (QED) is 0.559. The smallest absolute Gasteiger partial charge is 0.194 e. The minimum atomic E-state index is -0.0918. The zero-order valence-corrected chi connectivity index (χ0v) is 14.1. The summed E-state index contributed by atoms with van der Waals surface area (Å²) in [6.07, 6.45) is 0. The summed E-state index contributed by atoms with van der Waals surface area (Å²) in [6, 6.07) is 7.03. The number of hydrogen-bond donors (Lipinski definition) is 0. The Kier molecular flexibility index (Phi) is 3.18. The SMILES string of the molecule is Cc1cc2c(cc1Br)C(=O)c1cc(C)c(Br)cc1C2=O. The van der Waals surface area contributed by atoms with E-state index in [2.05, 4.69) is 31.9 Å². The van der Waals surface area contributed by atoms with E-state index in [1.165, 1.54) is 0 Å². The number of hydrogen-bond acceptors (Lipinski definition) is 2. The lowest BCUT2D eigenvalue weighted by molar-refractivity contribution is 0.0979. The molecule has 0 saturated heterocycles. The summed E-state index contributed by atoms with van der Waals surface area (Å²) < 4.78 is 1.68. The highest BCUT2D eigenvalue weighted by Gasteiger charge is 2.30. The molecule has 3 rings (SSSR count). The van der Waals surface area contributed by atoms with Crippen molar-refractivity contribution in [1.29, 1.82) is 0 Å². The Balaban J connectivity index is 2.33. The van der Waals surface area contributed by atoms with Crippen LogP contribution in [0.3, 0.4) is 0 Å². The minimum Gasteiger partial charge on any atom is -0.289 e. The lowest BCUT2D eigenvalue weighted by Crippen LogP contribution is -2.21. The van der Waals surface area contributed by atoms with Gasteiger partial charge in [0.15, 0.2) is 11.6 Å². The summed E-state index contributed by atoms with van der Waals surface area (Å²) in [5.41, 5.74) is 3.81. The average molecular weight is 394 g/mol. The van der Waals surface area contributed by atoms with E-state index >= 15 is 0 Å². The topological polar surface area (TPSA) is 34.1 Å². The monoisotopic (exact) mass is 392 g/mol. The van der Waals surface area contributed by atoms with Gasteiger partial charge in [0.25, 0.3) is 0 Å². The number of halogens is 2. The van der Waals surface area contributed by atoms with Crippen LogP contribution in [0.15, 0.2) is 33.2 Å². The second kappa shape index (κ2) is 4.64. The number of carbonyl (C=O) groups excluding carboxylic acids is 2. The zero-order chi connectivity index (χ0) is 14.6. The molecule has 20 heavy (non-hydrogen) atoms. The van der Waals surface area contributed by atoms with Crippen LogP contribution < -0.4 is 0 Å². The Morgan fingerprint density at radius 2 is 0.950 bits per heavy atom. The molecule has 0 radical (unpaired) electrons. The summed E-state index contributed by atoms with van der Waals surface area (Å²) >= 11 is 6.83. The van der Waals surface area contributed by atoms with Crippen LogP contribution in [0.1, 0.15) is 43.0 Å². The van der Waals surface area contributed by atoms with E-state index in [1.54, 1.807) is 24.3 Å². The molecule has 2 aromatic rings. The summed E-state index contributed by atoms with van der Waals surface area (Å²) in [5, 5.41) is 0. The molecule has 100 valence electrons. The maximum atomic E-state index is 12.6. The number of rotatable bonds is 0. The van der Waals surface area contributed by atoms with Gasteiger partial charge in [-0.25, -0.2) is 0 Å². The Morgan fingerprint density at radius 1 is 0.650 bits per heavy atom. The van der Waals surface area contributed by atoms with Crippen molar-refractivity contribution >= 4 is 43.4 Å².